The molecule has 0 spiro atoms. The largest absolute Gasteiger partial charge is 0.307 e. The van der Waals surface area contributed by atoms with Crippen LogP contribution >= 0.6 is 34.8 Å². The maximum atomic E-state index is 12.7. The topological polar surface area (TPSA) is 104 Å². The van der Waals surface area contributed by atoms with Crippen LogP contribution in [-0.4, -0.2) is 27.5 Å². The number of aromatic nitrogens is 2. The molecule has 11 heteroatoms. The van der Waals surface area contributed by atoms with Gasteiger partial charge in [-0.25, -0.2) is 4.68 Å². The van der Waals surface area contributed by atoms with Gasteiger partial charge in [-0.1, -0.05) is 40.9 Å². The molecule has 0 unspecified atom stereocenters. The van der Waals surface area contributed by atoms with Gasteiger partial charge in [-0.05, 0) is 30.3 Å². The summed E-state index contributed by atoms with van der Waals surface area (Å²) in [4.78, 5) is 50.0. The van der Waals surface area contributed by atoms with Gasteiger partial charge < -0.3 is 5.32 Å². The Morgan fingerprint density at radius 2 is 1.58 bits per heavy atom. The molecule has 1 aromatic heterocycles. The average molecular weight is 480 g/mol. The van der Waals surface area contributed by atoms with Gasteiger partial charge >= 0.3 is 0 Å². The van der Waals surface area contributed by atoms with Crippen LogP contribution in [0.4, 0.5) is 11.5 Å². The van der Waals surface area contributed by atoms with Crippen LogP contribution in [-0.2, 0) is 9.59 Å². The Balaban J connectivity index is 1.60. The fraction of sp³-hybridized carbons (Fsp3) is 0.100. The van der Waals surface area contributed by atoms with Gasteiger partial charge in [-0.2, -0.15) is 0 Å². The second kappa shape index (κ2) is 8.22. The molecule has 8 nitrogen and oxygen atoms in total. The van der Waals surface area contributed by atoms with Gasteiger partial charge in [0.1, 0.15) is 11.5 Å². The highest BCUT2D eigenvalue weighted by atomic mass is 35.5. The summed E-state index contributed by atoms with van der Waals surface area (Å²) in [5.41, 5.74) is 0.182. The predicted molar refractivity (Wildman–Crippen MR) is 118 cm³/mol. The Morgan fingerprint density at radius 3 is 2.23 bits per heavy atom. The highest BCUT2D eigenvalue weighted by molar-refractivity contribution is 6.40. The summed E-state index contributed by atoms with van der Waals surface area (Å²) in [5, 5.41) is 5.89. The molecule has 2 N–H and O–H groups in total. The van der Waals surface area contributed by atoms with Crippen LogP contribution in [0.5, 0.6) is 0 Å². The van der Waals surface area contributed by atoms with E-state index in [9.17, 15) is 19.2 Å². The van der Waals surface area contributed by atoms with Crippen molar-refractivity contribution in [2.24, 2.45) is 0 Å². The molecule has 31 heavy (non-hydrogen) atoms. The number of carbonyl (C=O) groups is 3. The molecule has 0 atom stereocenters. The number of carbonyl (C=O) groups excluding carboxylic acids is 3. The Hall–Kier alpha value is -3.07. The highest BCUT2D eigenvalue weighted by Crippen LogP contribution is 2.31. The van der Waals surface area contributed by atoms with E-state index in [1.54, 1.807) is 12.1 Å². The first-order valence-corrected chi connectivity index (χ1v) is 10.1. The molecule has 158 valence electrons. The molecule has 1 aliphatic heterocycles. The van der Waals surface area contributed by atoms with Crippen molar-refractivity contribution in [2.75, 3.05) is 10.2 Å². The van der Waals surface area contributed by atoms with Crippen molar-refractivity contribution in [2.45, 2.75) is 12.8 Å². The minimum atomic E-state index is -0.553. The molecule has 0 bridgehead atoms. The van der Waals surface area contributed by atoms with Gasteiger partial charge in [-0.3, -0.25) is 29.2 Å². The lowest BCUT2D eigenvalue weighted by Gasteiger charge is -2.14. The van der Waals surface area contributed by atoms with Crippen LogP contribution in [0.3, 0.4) is 0 Å². The first-order valence-electron chi connectivity index (χ1n) is 8.99. The smallest absolute Gasteiger partial charge is 0.273 e. The van der Waals surface area contributed by atoms with E-state index in [2.05, 4.69) is 10.4 Å². The molecule has 1 saturated heterocycles. The van der Waals surface area contributed by atoms with Crippen LogP contribution in [0, 0.1) is 0 Å². The maximum absolute atomic E-state index is 12.7. The fourth-order valence-electron chi connectivity index (χ4n) is 3.22. The molecule has 1 fully saturated rings. The molecule has 0 aliphatic carbocycles. The number of halogens is 3. The second-order valence-electron chi connectivity index (χ2n) is 6.69. The van der Waals surface area contributed by atoms with E-state index in [4.69, 9.17) is 34.8 Å². The Kier molecular flexibility index (Phi) is 5.62. The minimum absolute atomic E-state index is 0.0933. The van der Waals surface area contributed by atoms with Gasteiger partial charge in [0, 0.05) is 29.5 Å². The summed E-state index contributed by atoms with van der Waals surface area (Å²) in [7, 11) is 0. The monoisotopic (exact) mass is 478 g/mol. The van der Waals surface area contributed by atoms with Crippen molar-refractivity contribution >= 4 is 64.0 Å². The van der Waals surface area contributed by atoms with E-state index in [1.165, 1.54) is 24.3 Å². The molecule has 2 aromatic carbocycles. The van der Waals surface area contributed by atoms with Crippen molar-refractivity contribution in [3.05, 3.63) is 73.4 Å². The Bertz CT molecular complexity index is 1260. The van der Waals surface area contributed by atoms with Crippen LogP contribution in [0.15, 0.2) is 47.3 Å². The van der Waals surface area contributed by atoms with E-state index in [1.807, 2.05) is 0 Å². The molecule has 3 amide bonds. The summed E-state index contributed by atoms with van der Waals surface area (Å²) in [5.74, 6) is -1.10. The van der Waals surface area contributed by atoms with Gasteiger partial charge in [0.2, 0.25) is 11.8 Å². The average Bonchev–Trinajstić information content (AvgIpc) is 3.22. The zero-order valence-electron chi connectivity index (χ0n) is 15.6. The standard InChI is InChI=1S/C20H13Cl3N4O4/c21-11-7-13(22)19(14(23)8-11)27-18(30)9-15(25-27)24-20(31)10-2-1-3-12(6-10)26-16(28)4-5-17(26)29/h1-3,6-9,25H,4-5H2,(H,24,31). The number of nitrogens with one attached hydrogen (secondary N) is 2. The summed E-state index contributed by atoms with van der Waals surface area (Å²) in [6.45, 7) is 0. The van der Waals surface area contributed by atoms with Crippen LogP contribution in [0.1, 0.15) is 23.2 Å². The van der Waals surface area contributed by atoms with Gasteiger partial charge in [0.05, 0.1) is 15.7 Å². The van der Waals surface area contributed by atoms with E-state index in [0.717, 1.165) is 15.6 Å². The molecule has 3 aromatic rings. The van der Waals surface area contributed by atoms with E-state index < -0.39 is 11.5 Å². The predicted octanol–water partition coefficient (Wildman–Crippen LogP) is 4.03. The SMILES string of the molecule is O=C(Nc1cc(=O)n(-c2c(Cl)cc(Cl)cc2Cl)[nH]1)c1cccc(N2C(=O)CCC2=O)c1. The first-order chi connectivity index (χ1) is 14.7. The third-order valence-corrected chi connectivity index (χ3v) is 5.39. The number of nitrogens with zero attached hydrogens (tertiary/aromatic N) is 2. The van der Waals surface area contributed by atoms with E-state index in [0.29, 0.717) is 10.7 Å². The second-order valence-corrected chi connectivity index (χ2v) is 7.94. The quantitative estimate of drug-likeness (QED) is 0.551. The van der Waals surface area contributed by atoms with Crippen molar-refractivity contribution in [1.82, 2.24) is 9.78 Å². The number of anilines is 2. The van der Waals surface area contributed by atoms with E-state index >= 15 is 0 Å². The van der Waals surface area contributed by atoms with Gasteiger partial charge in [-0.15, -0.1) is 0 Å². The molecular formula is C20H13Cl3N4O4. The number of hydrogen-bond donors (Lipinski definition) is 2. The van der Waals surface area contributed by atoms with Crippen LogP contribution in [0.2, 0.25) is 15.1 Å². The normalized spacial score (nSPS) is 13.7. The Morgan fingerprint density at radius 1 is 0.935 bits per heavy atom. The molecule has 0 radical (unpaired) electrons. The first kappa shape index (κ1) is 21.2. The van der Waals surface area contributed by atoms with Crippen LogP contribution in [0.25, 0.3) is 5.69 Å². The summed E-state index contributed by atoms with van der Waals surface area (Å²) in [6, 6.07) is 10.1. The van der Waals surface area contributed by atoms with Crippen molar-refractivity contribution in [3.8, 4) is 5.69 Å². The highest BCUT2D eigenvalue weighted by Gasteiger charge is 2.30. The lowest BCUT2D eigenvalue weighted by Crippen LogP contribution is -2.28. The lowest BCUT2D eigenvalue weighted by atomic mass is 10.1. The molecule has 0 saturated carbocycles. The number of rotatable bonds is 4. The molecular weight excluding hydrogens is 467 g/mol. The van der Waals surface area contributed by atoms with E-state index in [-0.39, 0.29) is 51.8 Å². The molecule has 1 aliphatic rings. The third kappa shape index (κ3) is 4.10. The fourth-order valence-corrected chi connectivity index (χ4v) is 4.21. The number of hydrogen-bond acceptors (Lipinski definition) is 4. The van der Waals surface area contributed by atoms with Crippen molar-refractivity contribution in [1.29, 1.82) is 0 Å². The number of benzene rings is 2. The lowest BCUT2D eigenvalue weighted by molar-refractivity contribution is -0.121. The van der Waals surface area contributed by atoms with Gasteiger partial charge in [0.25, 0.3) is 11.5 Å². The van der Waals surface area contributed by atoms with Crippen molar-refractivity contribution < 1.29 is 14.4 Å². The Labute approximate surface area is 190 Å². The summed E-state index contributed by atoms with van der Waals surface area (Å²) < 4.78 is 1.08. The minimum Gasteiger partial charge on any atom is -0.307 e. The van der Waals surface area contributed by atoms with Gasteiger partial charge in [0.15, 0.2) is 0 Å². The van der Waals surface area contributed by atoms with Crippen molar-refractivity contribution in [3.63, 3.8) is 0 Å². The molecule has 4 rings (SSSR count). The number of imide groups is 1. The zero-order chi connectivity index (χ0) is 22.3. The zero-order valence-corrected chi connectivity index (χ0v) is 17.9. The number of aromatic amines is 1. The number of amides is 3. The van der Waals surface area contributed by atoms with Crippen LogP contribution < -0.4 is 15.8 Å². The summed E-state index contributed by atoms with van der Waals surface area (Å²) >= 11 is 18.2. The maximum Gasteiger partial charge on any atom is 0.273 e. The number of H-pyrrole nitrogens is 1. The third-order valence-electron chi connectivity index (χ3n) is 4.59. The summed E-state index contributed by atoms with van der Waals surface area (Å²) in [6.07, 6.45) is 0.277. The molecule has 2 heterocycles.